The minimum absolute atomic E-state index is 0.278. The number of aliphatic hydroxyl groups excluding tert-OH is 4. The van der Waals surface area contributed by atoms with E-state index in [1.165, 1.54) is 0 Å². The molecule has 0 spiro atoms. The summed E-state index contributed by atoms with van der Waals surface area (Å²) in [6.45, 7) is -0.965. The lowest BCUT2D eigenvalue weighted by atomic mass is 10.4. The van der Waals surface area contributed by atoms with Gasteiger partial charge in [0.15, 0.2) is 12.6 Å². The molecule has 0 radical (unpaired) electrons. The van der Waals surface area contributed by atoms with Gasteiger partial charge in [0.05, 0.1) is 13.2 Å². The van der Waals surface area contributed by atoms with Crippen molar-refractivity contribution in [3.8, 4) is 0 Å². The number of aldehydes is 2. The van der Waals surface area contributed by atoms with Gasteiger partial charge in [0.2, 0.25) is 0 Å². The highest BCUT2D eigenvalue weighted by Gasteiger charge is 1.93. The number of aliphatic hydroxyl groups is 4. The molecule has 12 heavy (non-hydrogen) atoms. The maximum atomic E-state index is 9.33. The minimum atomic E-state index is -1.19. The van der Waals surface area contributed by atoms with Gasteiger partial charge in [0.25, 0.3) is 0 Å². The van der Waals surface area contributed by atoms with E-state index in [0.717, 1.165) is 0 Å². The van der Waals surface area contributed by atoms with Crippen LogP contribution in [0, 0.1) is 0 Å². The van der Waals surface area contributed by atoms with Gasteiger partial charge >= 0.3 is 0 Å². The molecule has 6 nitrogen and oxygen atoms in total. The molecule has 6 heteroatoms. The van der Waals surface area contributed by atoms with Crippen molar-refractivity contribution in [1.29, 1.82) is 0 Å². The highest BCUT2D eigenvalue weighted by Crippen LogP contribution is 1.66. The van der Waals surface area contributed by atoms with Gasteiger partial charge in [-0.3, -0.25) is 0 Å². The molecule has 0 fully saturated rings. The summed E-state index contributed by atoms with van der Waals surface area (Å²) in [6, 6.07) is 0. The number of hydrogen-bond donors (Lipinski definition) is 4. The molecule has 0 aromatic heterocycles. The van der Waals surface area contributed by atoms with Crippen LogP contribution in [0.3, 0.4) is 0 Å². The first-order valence-electron chi connectivity index (χ1n) is 3.10. The molecule has 0 aromatic carbocycles. The van der Waals surface area contributed by atoms with E-state index in [1.807, 2.05) is 0 Å². The van der Waals surface area contributed by atoms with Crippen molar-refractivity contribution in [3.05, 3.63) is 0 Å². The van der Waals surface area contributed by atoms with E-state index >= 15 is 0 Å². The molecule has 0 aliphatic carbocycles. The van der Waals surface area contributed by atoms with Crippen LogP contribution < -0.4 is 0 Å². The van der Waals surface area contributed by atoms with Crippen molar-refractivity contribution in [2.75, 3.05) is 13.2 Å². The van der Waals surface area contributed by atoms with Crippen LogP contribution in [0.1, 0.15) is 0 Å². The summed E-state index contributed by atoms with van der Waals surface area (Å²) in [4.78, 5) is 18.7. The molecule has 2 unspecified atom stereocenters. The zero-order valence-electron chi connectivity index (χ0n) is 6.33. The molecule has 0 bridgehead atoms. The van der Waals surface area contributed by atoms with Crippen molar-refractivity contribution < 1.29 is 30.0 Å². The van der Waals surface area contributed by atoms with Gasteiger partial charge in [-0.1, -0.05) is 0 Å². The zero-order valence-corrected chi connectivity index (χ0v) is 6.33. The lowest BCUT2D eigenvalue weighted by molar-refractivity contribution is -0.117. The Morgan fingerprint density at radius 1 is 0.917 bits per heavy atom. The number of hydrogen-bond acceptors (Lipinski definition) is 6. The van der Waals surface area contributed by atoms with Crippen LogP contribution in [0.2, 0.25) is 0 Å². The Morgan fingerprint density at radius 3 is 1.17 bits per heavy atom. The average molecular weight is 180 g/mol. The summed E-state index contributed by atoms with van der Waals surface area (Å²) in [7, 11) is 0. The van der Waals surface area contributed by atoms with Crippen LogP contribution in [0.5, 0.6) is 0 Å². The van der Waals surface area contributed by atoms with E-state index in [1.54, 1.807) is 0 Å². The zero-order chi connectivity index (χ0) is 9.98. The van der Waals surface area contributed by atoms with E-state index in [4.69, 9.17) is 20.4 Å². The number of carbonyl (C=O) groups excluding carboxylic acids is 2. The largest absolute Gasteiger partial charge is 0.393 e. The fraction of sp³-hybridized carbons (Fsp3) is 0.667. The summed E-state index contributed by atoms with van der Waals surface area (Å²) in [5, 5.41) is 31.8. The van der Waals surface area contributed by atoms with Gasteiger partial charge in [-0.15, -0.1) is 0 Å². The molecule has 0 amide bonds. The summed E-state index contributed by atoms with van der Waals surface area (Å²) < 4.78 is 0. The monoisotopic (exact) mass is 180 g/mol. The van der Waals surface area contributed by atoms with Crippen LogP contribution in [0.15, 0.2) is 0 Å². The molecule has 0 aliphatic heterocycles. The third kappa shape index (κ3) is 11.9. The predicted octanol–water partition coefficient (Wildman–Crippen LogP) is -2.92. The molecule has 0 saturated carbocycles. The van der Waals surface area contributed by atoms with Crippen LogP contribution in [-0.2, 0) is 9.59 Å². The molecule has 0 aromatic rings. The smallest absolute Gasteiger partial charge is 0.150 e. The summed E-state index contributed by atoms with van der Waals surface area (Å²) >= 11 is 0. The Bertz CT molecular complexity index is 101. The fourth-order valence-corrected chi connectivity index (χ4v) is 0.0861. The second kappa shape index (κ2) is 10.2. The van der Waals surface area contributed by atoms with Gasteiger partial charge in [0, 0.05) is 0 Å². The lowest BCUT2D eigenvalue weighted by Gasteiger charge is -1.89. The number of carbonyl (C=O) groups is 2. The topological polar surface area (TPSA) is 115 Å². The summed E-state index contributed by atoms with van der Waals surface area (Å²) in [5.41, 5.74) is 0. The predicted molar refractivity (Wildman–Crippen MR) is 38.3 cm³/mol. The maximum absolute atomic E-state index is 9.33. The van der Waals surface area contributed by atoms with Crippen molar-refractivity contribution >= 4 is 12.6 Å². The minimum Gasteiger partial charge on any atom is -0.393 e. The molecule has 0 rings (SSSR count). The van der Waals surface area contributed by atoms with Crippen molar-refractivity contribution in [3.63, 3.8) is 0 Å². The maximum Gasteiger partial charge on any atom is 0.150 e. The fourth-order valence-electron chi connectivity index (χ4n) is 0.0861. The van der Waals surface area contributed by atoms with Crippen molar-refractivity contribution in [2.45, 2.75) is 12.2 Å². The van der Waals surface area contributed by atoms with E-state index in [2.05, 4.69) is 0 Å². The second-order valence-electron chi connectivity index (χ2n) is 1.77. The first-order valence-corrected chi connectivity index (χ1v) is 3.10. The Balaban J connectivity index is 0. The van der Waals surface area contributed by atoms with Gasteiger partial charge in [-0.25, -0.2) is 0 Å². The van der Waals surface area contributed by atoms with E-state index in [-0.39, 0.29) is 12.6 Å². The summed E-state index contributed by atoms with van der Waals surface area (Å²) in [6.07, 6.45) is -1.82. The van der Waals surface area contributed by atoms with Gasteiger partial charge < -0.3 is 30.0 Å². The number of rotatable bonds is 4. The van der Waals surface area contributed by atoms with Crippen molar-refractivity contribution in [2.24, 2.45) is 0 Å². The Hall–Kier alpha value is -0.820. The average Bonchev–Trinajstić information content (AvgIpc) is 2.16. The third-order valence-electron chi connectivity index (χ3n) is 0.688. The van der Waals surface area contributed by atoms with Crippen LogP contribution in [0.4, 0.5) is 0 Å². The molecule has 0 saturated heterocycles. The quantitative estimate of drug-likeness (QED) is 0.344. The van der Waals surface area contributed by atoms with Gasteiger partial charge in [-0.2, -0.15) is 0 Å². The molecular formula is C6H12O6. The van der Waals surface area contributed by atoms with Crippen LogP contribution in [-0.4, -0.2) is 58.4 Å². The van der Waals surface area contributed by atoms with Gasteiger partial charge in [-0.05, 0) is 0 Å². The van der Waals surface area contributed by atoms with E-state index in [9.17, 15) is 9.59 Å². The van der Waals surface area contributed by atoms with Gasteiger partial charge in [0.1, 0.15) is 12.2 Å². The first-order chi connectivity index (χ1) is 5.62. The molecular weight excluding hydrogens is 168 g/mol. The summed E-state index contributed by atoms with van der Waals surface area (Å²) in [5.74, 6) is 0. The highest BCUT2D eigenvalue weighted by atomic mass is 16.3. The molecule has 2 atom stereocenters. The second-order valence-corrected chi connectivity index (χ2v) is 1.77. The SMILES string of the molecule is O=CC(O)CO.O=CC(O)CO. The standard InChI is InChI=1S/2C3H6O3/c2*4-1-3(6)2-5/h2*1,3,5-6H,2H2. The van der Waals surface area contributed by atoms with E-state index in [0.29, 0.717) is 0 Å². The Morgan fingerprint density at radius 2 is 1.17 bits per heavy atom. The normalized spacial score (nSPS) is 13.7. The van der Waals surface area contributed by atoms with E-state index < -0.39 is 25.4 Å². The Labute approximate surface area is 69.1 Å². The molecule has 0 aliphatic rings. The van der Waals surface area contributed by atoms with Crippen molar-refractivity contribution in [1.82, 2.24) is 0 Å². The lowest BCUT2D eigenvalue weighted by Crippen LogP contribution is -2.12. The van der Waals surface area contributed by atoms with Crippen LogP contribution >= 0.6 is 0 Å². The molecule has 72 valence electrons. The van der Waals surface area contributed by atoms with Crippen LogP contribution in [0.25, 0.3) is 0 Å². The molecule has 0 heterocycles. The molecule has 4 N–H and O–H groups in total. The highest BCUT2D eigenvalue weighted by molar-refractivity contribution is 5.55. The third-order valence-corrected chi connectivity index (χ3v) is 0.688. The first kappa shape index (κ1) is 13.7. The Kier molecular flexibility index (Phi) is 11.7.